The summed E-state index contributed by atoms with van der Waals surface area (Å²) in [4.78, 5) is 12.0. The normalized spacial score (nSPS) is 13.7. The second kappa shape index (κ2) is 9.40. The summed E-state index contributed by atoms with van der Waals surface area (Å²) in [5.74, 6) is 0.114. The van der Waals surface area contributed by atoms with E-state index in [1.807, 2.05) is 6.92 Å². The molecule has 118 valence electrons. The molecule has 2 atom stereocenters. The van der Waals surface area contributed by atoms with Gasteiger partial charge in [-0.1, -0.05) is 44.7 Å². The largest absolute Gasteiger partial charge is 0.508 e. The van der Waals surface area contributed by atoms with Gasteiger partial charge in [-0.2, -0.15) is 0 Å². The number of nitrogens with two attached hydrogens (primary N) is 1. The highest BCUT2D eigenvalue weighted by Gasteiger charge is 2.16. The molecule has 0 bridgehead atoms. The zero-order chi connectivity index (χ0) is 15.7. The van der Waals surface area contributed by atoms with Crippen LogP contribution >= 0.6 is 0 Å². The Morgan fingerprint density at radius 1 is 1.24 bits per heavy atom. The van der Waals surface area contributed by atoms with Crippen molar-refractivity contribution in [2.75, 3.05) is 0 Å². The fourth-order valence-electron chi connectivity index (χ4n) is 2.28. The average molecular weight is 292 g/mol. The van der Waals surface area contributed by atoms with Crippen LogP contribution in [0.5, 0.6) is 5.75 Å². The highest BCUT2D eigenvalue weighted by atomic mass is 16.3. The van der Waals surface area contributed by atoms with Crippen molar-refractivity contribution in [2.45, 2.75) is 64.5 Å². The fourth-order valence-corrected chi connectivity index (χ4v) is 2.28. The van der Waals surface area contributed by atoms with Gasteiger partial charge in [0.15, 0.2) is 0 Å². The predicted octanol–water partition coefficient (Wildman–Crippen LogP) is 2.74. The quantitative estimate of drug-likeness (QED) is 0.613. The fraction of sp³-hybridized carbons (Fsp3) is 0.588. The molecule has 0 aliphatic carbocycles. The molecule has 4 heteroatoms. The molecular formula is C17H28N2O2. The number of nitrogens with one attached hydrogen (secondary N) is 1. The summed E-state index contributed by atoms with van der Waals surface area (Å²) < 4.78 is 0. The number of rotatable bonds is 9. The van der Waals surface area contributed by atoms with Gasteiger partial charge in [-0.05, 0) is 37.5 Å². The lowest BCUT2D eigenvalue weighted by atomic mass is 10.0. The van der Waals surface area contributed by atoms with E-state index in [1.165, 1.54) is 19.3 Å². The smallest absolute Gasteiger partial charge is 0.237 e. The minimum Gasteiger partial charge on any atom is -0.508 e. The molecule has 4 nitrogen and oxygen atoms in total. The van der Waals surface area contributed by atoms with Crippen molar-refractivity contribution in [3.8, 4) is 5.75 Å². The molecule has 0 heterocycles. The van der Waals surface area contributed by atoms with Crippen LogP contribution in [0.1, 0.15) is 51.5 Å². The lowest BCUT2D eigenvalue weighted by Crippen LogP contribution is -2.45. The van der Waals surface area contributed by atoms with Gasteiger partial charge in [0.1, 0.15) is 5.75 Å². The number of unbranched alkanes of at least 4 members (excludes halogenated alkanes) is 3. The third kappa shape index (κ3) is 7.14. The molecule has 1 rings (SSSR count). The Morgan fingerprint density at radius 2 is 1.90 bits per heavy atom. The number of phenolic OH excluding ortho intramolecular Hbond substituents is 1. The lowest BCUT2D eigenvalue weighted by Gasteiger charge is -2.17. The molecular weight excluding hydrogens is 264 g/mol. The zero-order valence-corrected chi connectivity index (χ0v) is 13.1. The number of carbonyl (C=O) groups is 1. The molecule has 0 saturated carbocycles. The molecule has 1 aromatic rings. The first-order valence-electron chi connectivity index (χ1n) is 7.86. The van der Waals surface area contributed by atoms with Crippen LogP contribution in [0.4, 0.5) is 0 Å². The lowest BCUT2D eigenvalue weighted by molar-refractivity contribution is -0.123. The van der Waals surface area contributed by atoms with Crippen LogP contribution in [0.15, 0.2) is 24.3 Å². The summed E-state index contributed by atoms with van der Waals surface area (Å²) >= 11 is 0. The first-order valence-corrected chi connectivity index (χ1v) is 7.86. The van der Waals surface area contributed by atoms with E-state index in [1.54, 1.807) is 24.3 Å². The maximum Gasteiger partial charge on any atom is 0.237 e. The Labute approximate surface area is 127 Å². The standard InChI is InChI=1S/C17H28N2O2/c1-3-4-5-6-7-13(2)19-17(21)16(18)12-14-8-10-15(20)11-9-14/h8-11,13,16,20H,3-7,12,18H2,1-2H3,(H,19,21)/t13?,16-/m1/s1. The minimum atomic E-state index is -0.548. The molecule has 1 amide bonds. The average Bonchev–Trinajstić information content (AvgIpc) is 2.46. The van der Waals surface area contributed by atoms with Crippen molar-refractivity contribution in [3.63, 3.8) is 0 Å². The third-order valence-electron chi connectivity index (χ3n) is 3.61. The molecule has 21 heavy (non-hydrogen) atoms. The number of phenols is 1. The highest BCUT2D eigenvalue weighted by molar-refractivity contribution is 5.82. The van der Waals surface area contributed by atoms with E-state index >= 15 is 0 Å². The van der Waals surface area contributed by atoms with E-state index < -0.39 is 6.04 Å². The van der Waals surface area contributed by atoms with Crippen LogP contribution in [0.25, 0.3) is 0 Å². The highest BCUT2D eigenvalue weighted by Crippen LogP contribution is 2.11. The van der Waals surface area contributed by atoms with Crippen molar-refractivity contribution < 1.29 is 9.90 Å². The number of carbonyl (C=O) groups excluding carboxylic acids is 1. The number of benzene rings is 1. The zero-order valence-electron chi connectivity index (χ0n) is 13.1. The Hall–Kier alpha value is -1.55. The third-order valence-corrected chi connectivity index (χ3v) is 3.61. The summed E-state index contributed by atoms with van der Waals surface area (Å²) in [7, 11) is 0. The van der Waals surface area contributed by atoms with E-state index in [-0.39, 0.29) is 17.7 Å². The monoisotopic (exact) mass is 292 g/mol. The number of aromatic hydroxyl groups is 1. The van der Waals surface area contributed by atoms with Gasteiger partial charge in [-0.3, -0.25) is 4.79 Å². The first-order chi connectivity index (χ1) is 10.0. The van der Waals surface area contributed by atoms with E-state index in [2.05, 4.69) is 12.2 Å². The molecule has 0 spiro atoms. The van der Waals surface area contributed by atoms with E-state index in [0.29, 0.717) is 6.42 Å². The van der Waals surface area contributed by atoms with Gasteiger partial charge >= 0.3 is 0 Å². The van der Waals surface area contributed by atoms with Gasteiger partial charge in [0, 0.05) is 6.04 Å². The Bertz CT molecular complexity index is 417. The first kappa shape index (κ1) is 17.5. The minimum absolute atomic E-state index is 0.105. The topological polar surface area (TPSA) is 75.4 Å². The number of amides is 1. The van der Waals surface area contributed by atoms with Gasteiger partial charge in [0.05, 0.1) is 6.04 Å². The SMILES string of the molecule is CCCCCCC(C)NC(=O)[C@H](N)Cc1ccc(O)cc1. The van der Waals surface area contributed by atoms with Crippen molar-refractivity contribution in [1.82, 2.24) is 5.32 Å². The molecule has 0 radical (unpaired) electrons. The molecule has 0 fully saturated rings. The van der Waals surface area contributed by atoms with Crippen LogP contribution in [-0.2, 0) is 11.2 Å². The Morgan fingerprint density at radius 3 is 2.52 bits per heavy atom. The van der Waals surface area contributed by atoms with E-state index in [0.717, 1.165) is 18.4 Å². The van der Waals surface area contributed by atoms with Crippen LogP contribution in [-0.4, -0.2) is 23.1 Å². The molecule has 4 N–H and O–H groups in total. The number of hydrogen-bond donors (Lipinski definition) is 3. The molecule has 1 aromatic carbocycles. The summed E-state index contributed by atoms with van der Waals surface area (Å²) in [6, 6.07) is 6.41. The Balaban J connectivity index is 2.31. The van der Waals surface area contributed by atoms with Crippen molar-refractivity contribution in [3.05, 3.63) is 29.8 Å². The van der Waals surface area contributed by atoms with Gasteiger partial charge in [-0.25, -0.2) is 0 Å². The summed E-state index contributed by atoms with van der Waals surface area (Å²) in [5.41, 5.74) is 6.89. The molecule has 0 aliphatic rings. The second-order valence-electron chi connectivity index (χ2n) is 5.74. The van der Waals surface area contributed by atoms with Gasteiger partial charge in [0.25, 0.3) is 0 Å². The van der Waals surface area contributed by atoms with Crippen molar-refractivity contribution in [1.29, 1.82) is 0 Å². The maximum atomic E-state index is 12.0. The van der Waals surface area contributed by atoms with Crippen LogP contribution in [0.3, 0.4) is 0 Å². The van der Waals surface area contributed by atoms with Crippen LogP contribution in [0.2, 0.25) is 0 Å². The van der Waals surface area contributed by atoms with Gasteiger partial charge in [0.2, 0.25) is 5.91 Å². The molecule has 0 aromatic heterocycles. The van der Waals surface area contributed by atoms with Crippen LogP contribution in [0, 0.1) is 0 Å². The van der Waals surface area contributed by atoms with E-state index in [4.69, 9.17) is 5.73 Å². The Kier molecular flexibility index (Phi) is 7.83. The summed E-state index contributed by atoms with van der Waals surface area (Å²) in [6.45, 7) is 4.21. The summed E-state index contributed by atoms with van der Waals surface area (Å²) in [5, 5.41) is 12.2. The van der Waals surface area contributed by atoms with Gasteiger partial charge < -0.3 is 16.2 Å². The molecule has 0 aliphatic heterocycles. The van der Waals surface area contributed by atoms with E-state index in [9.17, 15) is 9.90 Å². The maximum absolute atomic E-state index is 12.0. The van der Waals surface area contributed by atoms with Crippen molar-refractivity contribution in [2.24, 2.45) is 5.73 Å². The molecule has 0 saturated heterocycles. The summed E-state index contributed by atoms with van der Waals surface area (Å²) in [6.07, 6.45) is 6.31. The number of hydrogen-bond acceptors (Lipinski definition) is 3. The van der Waals surface area contributed by atoms with Crippen molar-refractivity contribution >= 4 is 5.91 Å². The second-order valence-corrected chi connectivity index (χ2v) is 5.74. The molecule has 1 unspecified atom stereocenters. The van der Waals surface area contributed by atoms with Gasteiger partial charge in [-0.15, -0.1) is 0 Å². The van der Waals surface area contributed by atoms with Crippen LogP contribution < -0.4 is 11.1 Å². The predicted molar refractivity (Wildman–Crippen MR) is 86.1 cm³/mol.